The Morgan fingerprint density at radius 1 is 1.15 bits per heavy atom. The molecule has 0 amide bonds. The summed E-state index contributed by atoms with van der Waals surface area (Å²) in [6, 6.07) is 8.96. The summed E-state index contributed by atoms with van der Waals surface area (Å²) in [5.74, 6) is 0. The number of ether oxygens (including phenoxy) is 1. The van der Waals surface area contributed by atoms with Gasteiger partial charge in [0.25, 0.3) is 0 Å². The van der Waals surface area contributed by atoms with Crippen LogP contribution in [0.5, 0.6) is 0 Å². The van der Waals surface area contributed by atoms with Crippen molar-refractivity contribution in [3.8, 4) is 0 Å². The third-order valence-corrected chi connectivity index (χ3v) is 4.28. The second kappa shape index (κ2) is 6.68. The molecule has 2 aliphatic heterocycles. The molecule has 1 N–H and O–H groups in total. The van der Waals surface area contributed by atoms with E-state index in [1.54, 1.807) is 0 Å². The molecule has 2 fully saturated rings. The molecular formula is C16H25N3O. The fourth-order valence-corrected chi connectivity index (χ4v) is 2.88. The molecule has 0 radical (unpaired) electrons. The SMILES string of the molecule is CN1CCN(Cc2ccc(C3CNCCO3)cc2)CC1. The van der Waals surface area contributed by atoms with E-state index in [4.69, 9.17) is 4.74 Å². The van der Waals surface area contributed by atoms with Crippen LogP contribution in [0.15, 0.2) is 24.3 Å². The minimum absolute atomic E-state index is 0.224. The number of nitrogens with zero attached hydrogens (tertiary/aromatic N) is 2. The van der Waals surface area contributed by atoms with Crippen LogP contribution in [0, 0.1) is 0 Å². The highest BCUT2D eigenvalue weighted by atomic mass is 16.5. The van der Waals surface area contributed by atoms with Crippen LogP contribution < -0.4 is 5.32 Å². The largest absolute Gasteiger partial charge is 0.371 e. The van der Waals surface area contributed by atoms with E-state index in [2.05, 4.69) is 46.4 Å². The summed E-state index contributed by atoms with van der Waals surface area (Å²) < 4.78 is 5.79. The standard InChI is InChI=1S/C16H25N3O/c1-18-7-9-19(10-8-18)13-14-2-4-15(5-3-14)16-12-17-6-11-20-16/h2-5,16-17H,6-13H2,1H3. The summed E-state index contributed by atoms with van der Waals surface area (Å²) in [6.45, 7) is 8.49. The molecule has 0 saturated carbocycles. The van der Waals surface area contributed by atoms with E-state index in [-0.39, 0.29) is 6.10 Å². The first-order chi connectivity index (χ1) is 9.81. The first-order valence-corrected chi connectivity index (χ1v) is 7.63. The molecule has 2 heterocycles. The van der Waals surface area contributed by atoms with E-state index in [0.717, 1.165) is 26.2 Å². The fraction of sp³-hybridized carbons (Fsp3) is 0.625. The van der Waals surface area contributed by atoms with Gasteiger partial charge >= 0.3 is 0 Å². The zero-order valence-corrected chi connectivity index (χ0v) is 12.3. The Morgan fingerprint density at radius 3 is 2.55 bits per heavy atom. The minimum atomic E-state index is 0.224. The van der Waals surface area contributed by atoms with Crippen molar-refractivity contribution in [2.75, 3.05) is 52.9 Å². The summed E-state index contributed by atoms with van der Waals surface area (Å²) in [5.41, 5.74) is 2.70. The van der Waals surface area contributed by atoms with Crippen LogP contribution in [-0.2, 0) is 11.3 Å². The van der Waals surface area contributed by atoms with Crippen molar-refractivity contribution in [2.45, 2.75) is 12.6 Å². The molecule has 1 aromatic carbocycles. The van der Waals surface area contributed by atoms with E-state index < -0.39 is 0 Å². The van der Waals surface area contributed by atoms with Gasteiger partial charge in [-0.3, -0.25) is 4.90 Å². The highest BCUT2D eigenvalue weighted by Crippen LogP contribution is 2.19. The summed E-state index contributed by atoms with van der Waals surface area (Å²) in [6.07, 6.45) is 0.224. The molecule has 0 spiro atoms. The summed E-state index contributed by atoms with van der Waals surface area (Å²) in [7, 11) is 2.20. The van der Waals surface area contributed by atoms with Gasteiger partial charge in [0, 0.05) is 45.8 Å². The maximum atomic E-state index is 5.79. The lowest BCUT2D eigenvalue weighted by Gasteiger charge is -2.32. The third-order valence-electron chi connectivity index (χ3n) is 4.28. The summed E-state index contributed by atoms with van der Waals surface area (Å²) in [4.78, 5) is 4.93. The Kier molecular flexibility index (Phi) is 4.68. The van der Waals surface area contributed by atoms with Crippen molar-refractivity contribution >= 4 is 0 Å². The average molecular weight is 275 g/mol. The quantitative estimate of drug-likeness (QED) is 0.894. The van der Waals surface area contributed by atoms with Gasteiger partial charge in [-0.15, -0.1) is 0 Å². The first-order valence-electron chi connectivity index (χ1n) is 7.63. The zero-order valence-electron chi connectivity index (χ0n) is 12.3. The highest BCUT2D eigenvalue weighted by Gasteiger charge is 2.16. The predicted molar refractivity (Wildman–Crippen MR) is 80.8 cm³/mol. The van der Waals surface area contributed by atoms with Gasteiger partial charge in [-0.25, -0.2) is 0 Å². The van der Waals surface area contributed by atoms with Gasteiger partial charge in [0.2, 0.25) is 0 Å². The molecule has 0 bridgehead atoms. The van der Waals surface area contributed by atoms with Crippen LogP contribution in [-0.4, -0.2) is 62.7 Å². The van der Waals surface area contributed by atoms with E-state index in [0.29, 0.717) is 0 Å². The van der Waals surface area contributed by atoms with E-state index in [1.165, 1.54) is 37.3 Å². The highest BCUT2D eigenvalue weighted by molar-refractivity contribution is 5.24. The second-order valence-electron chi connectivity index (χ2n) is 5.88. The molecule has 4 nitrogen and oxygen atoms in total. The second-order valence-corrected chi connectivity index (χ2v) is 5.88. The van der Waals surface area contributed by atoms with Crippen LogP contribution in [0.4, 0.5) is 0 Å². The maximum Gasteiger partial charge on any atom is 0.0949 e. The Labute approximate surface area is 121 Å². The van der Waals surface area contributed by atoms with Crippen molar-refractivity contribution in [3.63, 3.8) is 0 Å². The average Bonchev–Trinajstić information content (AvgIpc) is 2.51. The van der Waals surface area contributed by atoms with Crippen molar-refractivity contribution in [1.82, 2.24) is 15.1 Å². The van der Waals surface area contributed by atoms with Gasteiger partial charge in [-0.1, -0.05) is 24.3 Å². The fourth-order valence-electron chi connectivity index (χ4n) is 2.88. The smallest absolute Gasteiger partial charge is 0.0949 e. The Hall–Kier alpha value is -0.940. The van der Waals surface area contributed by atoms with Crippen molar-refractivity contribution < 1.29 is 4.74 Å². The van der Waals surface area contributed by atoms with Gasteiger partial charge < -0.3 is 15.0 Å². The lowest BCUT2D eigenvalue weighted by molar-refractivity contribution is 0.0277. The first kappa shape index (κ1) is 14.0. The van der Waals surface area contributed by atoms with Crippen LogP contribution in [0.3, 0.4) is 0 Å². The number of hydrogen-bond donors (Lipinski definition) is 1. The van der Waals surface area contributed by atoms with Gasteiger partial charge in [-0.2, -0.15) is 0 Å². The molecule has 110 valence electrons. The summed E-state index contributed by atoms with van der Waals surface area (Å²) >= 11 is 0. The molecule has 0 aromatic heterocycles. The number of rotatable bonds is 3. The molecule has 4 heteroatoms. The Balaban J connectivity index is 1.55. The number of likely N-dealkylation sites (N-methyl/N-ethyl adjacent to an activating group) is 1. The molecule has 2 aliphatic rings. The van der Waals surface area contributed by atoms with Gasteiger partial charge in [0.15, 0.2) is 0 Å². The number of morpholine rings is 1. The molecule has 20 heavy (non-hydrogen) atoms. The van der Waals surface area contributed by atoms with Crippen LogP contribution in [0.25, 0.3) is 0 Å². The lowest BCUT2D eigenvalue weighted by atomic mass is 10.1. The van der Waals surface area contributed by atoms with E-state index in [1.807, 2.05) is 0 Å². The molecule has 1 aromatic rings. The Morgan fingerprint density at radius 2 is 1.90 bits per heavy atom. The number of benzene rings is 1. The number of hydrogen-bond acceptors (Lipinski definition) is 4. The normalized spacial score (nSPS) is 25.8. The molecular weight excluding hydrogens is 250 g/mol. The van der Waals surface area contributed by atoms with Crippen LogP contribution in [0.1, 0.15) is 17.2 Å². The van der Waals surface area contributed by atoms with Crippen molar-refractivity contribution in [2.24, 2.45) is 0 Å². The minimum Gasteiger partial charge on any atom is -0.371 e. The van der Waals surface area contributed by atoms with E-state index >= 15 is 0 Å². The van der Waals surface area contributed by atoms with Gasteiger partial charge in [0.1, 0.15) is 0 Å². The maximum absolute atomic E-state index is 5.79. The van der Waals surface area contributed by atoms with Crippen molar-refractivity contribution in [3.05, 3.63) is 35.4 Å². The lowest BCUT2D eigenvalue weighted by Crippen LogP contribution is -2.43. The van der Waals surface area contributed by atoms with Crippen LogP contribution >= 0.6 is 0 Å². The predicted octanol–water partition coefficient (Wildman–Crippen LogP) is 1.09. The van der Waals surface area contributed by atoms with E-state index in [9.17, 15) is 0 Å². The monoisotopic (exact) mass is 275 g/mol. The number of nitrogens with one attached hydrogen (secondary N) is 1. The summed E-state index contributed by atoms with van der Waals surface area (Å²) in [5, 5.41) is 3.38. The third kappa shape index (κ3) is 3.58. The molecule has 1 unspecified atom stereocenters. The zero-order chi connectivity index (χ0) is 13.8. The van der Waals surface area contributed by atoms with Gasteiger partial charge in [-0.05, 0) is 18.2 Å². The number of piperazine rings is 1. The van der Waals surface area contributed by atoms with Crippen molar-refractivity contribution in [1.29, 1.82) is 0 Å². The Bertz CT molecular complexity index is 406. The van der Waals surface area contributed by atoms with Gasteiger partial charge in [0.05, 0.1) is 12.7 Å². The molecule has 1 atom stereocenters. The van der Waals surface area contributed by atoms with Crippen LogP contribution in [0.2, 0.25) is 0 Å². The molecule has 0 aliphatic carbocycles. The topological polar surface area (TPSA) is 27.7 Å². The molecule has 3 rings (SSSR count). The molecule has 2 saturated heterocycles.